The van der Waals surface area contributed by atoms with Gasteiger partial charge < -0.3 is 15.0 Å². The third kappa shape index (κ3) is 5.20. The summed E-state index contributed by atoms with van der Waals surface area (Å²) < 4.78 is 19.5. The van der Waals surface area contributed by atoms with Gasteiger partial charge in [0.15, 0.2) is 11.6 Å². The number of nitrogens with zero attached hydrogens (tertiary/aromatic N) is 1. The van der Waals surface area contributed by atoms with Crippen LogP contribution in [0.4, 0.5) is 4.39 Å². The molecule has 0 amide bonds. The zero-order chi connectivity index (χ0) is 17.5. The van der Waals surface area contributed by atoms with E-state index in [1.165, 1.54) is 12.7 Å². The summed E-state index contributed by atoms with van der Waals surface area (Å²) in [6.45, 7) is 1.20. The average molecular weight is 351 g/mol. The van der Waals surface area contributed by atoms with Gasteiger partial charge in [0.25, 0.3) is 0 Å². The minimum atomic E-state index is -0.402. The summed E-state index contributed by atoms with van der Waals surface area (Å²) >= 11 is 6.16. The first kappa shape index (κ1) is 18.7. The Morgan fingerprint density at radius 1 is 1.17 bits per heavy atom. The Labute approximate surface area is 148 Å². The van der Waals surface area contributed by atoms with Crippen molar-refractivity contribution in [3.8, 4) is 5.75 Å². The highest BCUT2D eigenvalue weighted by atomic mass is 35.5. The van der Waals surface area contributed by atoms with Crippen molar-refractivity contribution in [1.82, 2.24) is 10.2 Å². The predicted molar refractivity (Wildman–Crippen MR) is 97.3 cm³/mol. The van der Waals surface area contributed by atoms with Gasteiger partial charge in [0.1, 0.15) is 0 Å². The van der Waals surface area contributed by atoms with Crippen LogP contribution < -0.4 is 10.1 Å². The Bertz CT molecular complexity index is 649. The molecule has 0 saturated carbocycles. The number of benzene rings is 2. The summed E-state index contributed by atoms with van der Waals surface area (Å²) in [7, 11) is 5.51. The molecule has 1 N–H and O–H groups in total. The van der Waals surface area contributed by atoms with E-state index in [2.05, 4.69) is 22.3 Å². The number of hydrogen-bond donors (Lipinski definition) is 1. The molecule has 0 bridgehead atoms. The molecule has 2 aromatic rings. The minimum absolute atomic E-state index is 0.184. The van der Waals surface area contributed by atoms with Gasteiger partial charge in [0.05, 0.1) is 7.11 Å². The molecule has 0 aromatic heterocycles. The lowest BCUT2D eigenvalue weighted by molar-refractivity contribution is 0.332. The standard InChI is InChI=1S/C19H24ClFN2O/c1-23(2)13-15(11-14-7-5-4-6-8-14)22-12-16-17(20)9-10-18(24-3)19(16)21/h4-10,15,22H,11-13H2,1-3H3/t15-/m0/s1. The van der Waals surface area contributed by atoms with Crippen molar-refractivity contribution in [2.75, 3.05) is 27.7 Å². The molecule has 0 spiro atoms. The maximum atomic E-state index is 14.4. The Balaban J connectivity index is 2.10. The molecule has 2 aromatic carbocycles. The Kier molecular flexibility index (Phi) is 7.03. The summed E-state index contributed by atoms with van der Waals surface area (Å²) in [6, 6.07) is 13.7. The Hall–Kier alpha value is -1.62. The molecule has 5 heteroatoms. The van der Waals surface area contributed by atoms with Gasteiger partial charge in [-0.25, -0.2) is 4.39 Å². The van der Waals surface area contributed by atoms with Crippen LogP contribution in [0.3, 0.4) is 0 Å². The van der Waals surface area contributed by atoms with Crippen LogP contribution in [0.25, 0.3) is 0 Å². The third-order valence-corrected chi connectivity index (χ3v) is 4.20. The fourth-order valence-electron chi connectivity index (χ4n) is 2.68. The van der Waals surface area contributed by atoms with E-state index < -0.39 is 5.82 Å². The molecule has 2 rings (SSSR count). The lowest BCUT2D eigenvalue weighted by Crippen LogP contribution is -2.39. The number of methoxy groups -OCH3 is 1. The molecule has 1 atom stereocenters. The summed E-state index contributed by atoms with van der Waals surface area (Å²) in [5.41, 5.74) is 1.68. The van der Waals surface area contributed by atoms with Crippen molar-refractivity contribution in [3.05, 3.63) is 64.4 Å². The van der Waals surface area contributed by atoms with Crippen LogP contribution in [0.5, 0.6) is 5.75 Å². The normalized spacial score (nSPS) is 12.4. The summed E-state index contributed by atoms with van der Waals surface area (Å²) in [4.78, 5) is 2.12. The molecule has 130 valence electrons. The number of halogens is 2. The van der Waals surface area contributed by atoms with Crippen molar-refractivity contribution in [2.45, 2.75) is 19.0 Å². The van der Waals surface area contributed by atoms with Crippen LogP contribution in [-0.2, 0) is 13.0 Å². The van der Waals surface area contributed by atoms with Gasteiger partial charge in [-0.15, -0.1) is 0 Å². The molecule has 24 heavy (non-hydrogen) atoms. The van der Waals surface area contributed by atoms with Crippen molar-refractivity contribution in [2.24, 2.45) is 0 Å². The first-order chi connectivity index (χ1) is 11.5. The minimum Gasteiger partial charge on any atom is -0.494 e. The second kappa shape index (κ2) is 9.02. The van der Waals surface area contributed by atoms with E-state index in [0.29, 0.717) is 17.1 Å². The van der Waals surface area contributed by atoms with E-state index in [9.17, 15) is 4.39 Å². The van der Waals surface area contributed by atoms with E-state index in [4.69, 9.17) is 16.3 Å². The van der Waals surface area contributed by atoms with Gasteiger partial charge in [0, 0.05) is 29.7 Å². The molecule has 0 radical (unpaired) electrons. The quantitative estimate of drug-likeness (QED) is 0.784. The number of hydrogen-bond acceptors (Lipinski definition) is 3. The largest absolute Gasteiger partial charge is 0.494 e. The molecule has 3 nitrogen and oxygen atoms in total. The second-order valence-electron chi connectivity index (χ2n) is 6.07. The van der Waals surface area contributed by atoms with Crippen LogP contribution in [0.1, 0.15) is 11.1 Å². The fraction of sp³-hybridized carbons (Fsp3) is 0.368. The van der Waals surface area contributed by atoms with Gasteiger partial charge in [0.2, 0.25) is 0 Å². The molecule has 0 aliphatic rings. The van der Waals surface area contributed by atoms with E-state index in [0.717, 1.165) is 13.0 Å². The summed E-state index contributed by atoms with van der Waals surface area (Å²) in [6.07, 6.45) is 0.863. The zero-order valence-electron chi connectivity index (χ0n) is 14.4. The molecule has 0 unspecified atom stereocenters. The van der Waals surface area contributed by atoms with Crippen molar-refractivity contribution < 1.29 is 9.13 Å². The molecular weight excluding hydrogens is 327 g/mol. The first-order valence-corrected chi connectivity index (χ1v) is 8.32. The molecule has 0 heterocycles. The first-order valence-electron chi connectivity index (χ1n) is 7.94. The smallest absolute Gasteiger partial charge is 0.171 e. The highest BCUT2D eigenvalue weighted by Gasteiger charge is 2.16. The van der Waals surface area contributed by atoms with E-state index in [1.54, 1.807) is 12.1 Å². The number of rotatable bonds is 8. The predicted octanol–water partition coefficient (Wildman–Crippen LogP) is 3.75. The summed E-state index contributed by atoms with van der Waals surface area (Å²) in [5.74, 6) is -0.191. The Morgan fingerprint density at radius 2 is 1.88 bits per heavy atom. The molecule has 0 fully saturated rings. The van der Waals surface area contributed by atoms with E-state index in [1.807, 2.05) is 32.3 Å². The highest BCUT2D eigenvalue weighted by molar-refractivity contribution is 6.31. The van der Waals surface area contributed by atoms with Crippen LogP contribution in [0.2, 0.25) is 5.02 Å². The molecule has 0 aliphatic carbocycles. The SMILES string of the molecule is COc1ccc(Cl)c(CN[C@@H](Cc2ccccc2)CN(C)C)c1F. The summed E-state index contributed by atoms with van der Waals surface area (Å²) in [5, 5.41) is 3.83. The second-order valence-corrected chi connectivity index (χ2v) is 6.48. The van der Waals surface area contributed by atoms with Crippen LogP contribution in [0, 0.1) is 5.82 Å². The monoisotopic (exact) mass is 350 g/mol. The molecule has 0 saturated heterocycles. The number of nitrogens with one attached hydrogen (secondary N) is 1. The van der Waals surface area contributed by atoms with Gasteiger partial charge in [-0.05, 0) is 38.2 Å². The molecule has 0 aliphatic heterocycles. The average Bonchev–Trinajstić information content (AvgIpc) is 2.55. The number of likely N-dealkylation sites (N-methyl/N-ethyl adjacent to an activating group) is 1. The maximum Gasteiger partial charge on any atom is 0.171 e. The van der Waals surface area contributed by atoms with E-state index in [-0.39, 0.29) is 11.8 Å². The van der Waals surface area contributed by atoms with Crippen LogP contribution >= 0.6 is 11.6 Å². The molecular formula is C19H24ClFN2O. The van der Waals surface area contributed by atoms with Crippen LogP contribution in [-0.4, -0.2) is 38.7 Å². The topological polar surface area (TPSA) is 24.5 Å². The van der Waals surface area contributed by atoms with E-state index >= 15 is 0 Å². The fourth-order valence-corrected chi connectivity index (χ4v) is 2.90. The third-order valence-electron chi connectivity index (χ3n) is 3.85. The van der Waals surface area contributed by atoms with Crippen molar-refractivity contribution in [3.63, 3.8) is 0 Å². The lowest BCUT2D eigenvalue weighted by atomic mass is 10.0. The maximum absolute atomic E-state index is 14.4. The highest BCUT2D eigenvalue weighted by Crippen LogP contribution is 2.27. The van der Waals surface area contributed by atoms with Crippen molar-refractivity contribution >= 4 is 11.6 Å². The van der Waals surface area contributed by atoms with Crippen LogP contribution in [0.15, 0.2) is 42.5 Å². The van der Waals surface area contributed by atoms with Gasteiger partial charge in [-0.2, -0.15) is 0 Å². The zero-order valence-corrected chi connectivity index (χ0v) is 15.1. The lowest BCUT2D eigenvalue weighted by Gasteiger charge is -2.23. The van der Waals surface area contributed by atoms with Gasteiger partial charge in [-0.3, -0.25) is 0 Å². The Morgan fingerprint density at radius 3 is 2.50 bits per heavy atom. The van der Waals surface area contributed by atoms with Crippen molar-refractivity contribution in [1.29, 1.82) is 0 Å². The van der Waals surface area contributed by atoms with Gasteiger partial charge >= 0.3 is 0 Å². The number of ether oxygens (including phenoxy) is 1. The van der Waals surface area contributed by atoms with Gasteiger partial charge in [-0.1, -0.05) is 41.9 Å².